The van der Waals surface area contributed by atoms with E-state index in [0.717, 1.165) is 16.7 Å². The molecular weight excluding hydrogens is 140 g/mol. The molecule has 0 saturated heterocycles. The molecule has 4 heteroatoms. The molecule has 2 aromatic rings. The monoisotopic (exact) mass is 148 g/mol. The molecule has 0 aliphatic carbocycles. The van der Waals surface area contributed by atoms with Crippen molar-refractivity contribution < 1.29 is 0 Å². The lowest BCUT2D eigenvalue weighted by molar-refractivity contribution is 1.11. The first kappa shape index (κ1) is 6.15. The summed E-state index contributed by atoms with van der Waals surface area (Å²) in [7, 11) is 1.85. The highest BCUT2D eigenvalue weighted by atomic mass is 15.2. The third kappa shape index (κ3) is 0.832. The van der Waals surface area contributed by atoms with Crippen LogP contribution in [0.4, 0.5) is 5.82 Å². The molecule has 2 N–H and O–H groups in total. The molecular formula is C7H8N4. The van der Waals surface area contributed by atoms with Crippen molar-refractivity contribution in [2.75, 3.05) is 12.4 Å². The zero-order chi connectivity index (χ0) is 7.68. The third-order valence-electron chi connectivity index (χ3n) is 1.61. The van der Waals surface area contributed by atoms with Crippen molar-refractivity contribution in [3.63, 3.8) is 0 Å². The molecule has 0 aliphatic rings. The smallest absolute Gasteiger partial charge is 0.129 e. The fourth-order valence-corrected chi connectivity index (χ4v) is 1.05. The first-order valence-electron chi connectivity index (χ1n) is 3.37. The van der Waals surface area contributed by atoms with E-state index in [0.29, 0.717) is 0 Å². The molecule has 0 unspecified atom stereocenters. The fraction of sp³-hybridized carbons (Fsp3) is 0.143. The van der Waals surface area contributed by atoms with E-state index in [4.69, 9.17) is 0 Å². The Bertz CT molecular complexity index is 365. The van der Waals surface area contributed by atoms with Crippen LogP contribution in [0.3, 0.4) is 0 Å². The molecule has 0 fully saturated rings. The predicted molar refractivity (Wildman–Crippen MR) is 43.4 cm³/mol. The Labute approximate surface area is 63.6 Å². The number of pyridine rings is 1. The van der Waals surface area contributed by atoms with Gasteiger partial charge in [0.05, 0.1) is 6.20 Å². The summed E-state index contributed by atoms with van der Waals surface area (Å²) in [5.41, 5.74) is 0.886. The minimum Gasteiger partial charge on any atom is -0.373 e. The zero-order valence-corrected chi connectivity index (χ0v) is 6.13. The topological polar surface area (TPSA) is 53.6 Å². The first-order valence-corrected chi connectivity index (χ1v) is 3.37. The average Bonchev–Trinajstić information content (AvgIpc) is 2.47. The van der Waals surface area contributed by atoms with Crippen LogP contribution in [0.15, 0.2) is 18.5 Å². The van der Waals surface area contributed by atoms with Gasteiger partial charge in [-0.2, -0.15) is 5.10 Å². The molecule has 0 aliphatic heterocycles. The molecule has 0 amide bonds. The van der Waals surface area contributed by atoms with Gasteiger partial charge in [-0.1, -0.05) is 0 Å². The van der Waals surface area contributed by atoms with Crippen molar-refractivity contribution in [3.8, 4) is 0 Å². The molecule has 11 heavy (non-hydrogen) atoms. The molecule has 0 saturated carbocycles. The van der Waals surface area contributed by atoms with E-state index >= 15 is 0 Å². The van der Waals surface area contributed by atoms with Crippen LogP contribution in [0.25, 0.3) is 10.9 Å². The first-order chi connectivity index (χ1) is 5.42. The molecule has 2 aromatic heterocycles. The number of aromatic nitrogens is 3. The number of hydrogen-bond donors (Lipinski definition) is 2. The molecule has 4 nitrogen and oxygen atoms in total. The van der Waals surface area contributed by atoms with Crippen molar-refractivity contribution in [2.45, 2.75) is 0 Å². The van der Waals surface area contributed by atoms with Gasteiger partial charge in [0.15, 0.2) is 0 Å². The van der Waals surface area contributed by atoms with Crippen LogP contribution in [0.1, 0.15) is 0 Å². The predicted octanol–water partition coefficient (Wildman–Crippen LogP) is 1.000. The number of hydrogen-bond acceptors (Lipinski definition) is 3. The highest BCUT2D eigenvalue weighted by molar-refractivity contribution is 5.88. The van der Waals surface area contributed by atoms with Crippen molar-refractivity contribution in [2.24, 2.45) is 0 Å². The summed E-state index contributed by atoms with van der Waals surface area (Å²) in [6.07, 6.45) is 3.48. The molecule has 56 valence electrons. The van der Waals surface area contributed by atoms with Gasteiger partial charge in [0.2, 0.25) is 0 Å². The summed E-state index contributed by atoms with van der Waals surface area (Å²) < 4.78 is 0. The van der Waals surface area contributed by atoms with Gasteiger partial charge >= 0.3 is 0 Å². The molecule has 2 rings (SSSR count). The minimum atomic E-state index is 0.886. The van der Waals surface area contributed by atoms with Crippen molar-refractivity contribution in [1.29, 1.82) is 0 Å². The second-order valence-corrected chi connectivity index (χ2v) is 2.24. The average molecular weight is 148 g/mol. The minimum absolute atomic E-state index is 0.886. The van der Waals surface area contributed by atoms with Gasteiger partial charge in [-0.15, -0.1) is 0 Å². The van der Waals surface area contributed by atoms with E-state index in [2.05, 4.69) is 20.5 Å². The molecule has 2 heterocycles. The summed E-state index contributed by atoms with van der Waals surface area (Å²) in [6, 6.07) is 1.92. The lowest BCUT2D eigenvalue weighted by atomic mass is 10.3. The maximum Gasteiger partial charge on any atom is 0.129 e. The van der Waals surface area contributed by atoms with Gasteiger partial charge in [-0.3, -0.25) is 10.1 Å². The van der Waals surface area contributed by atoms with Crippen LogP contribution in [0.2, 0.25) is 0 Å². The Hall–Kier alpha value is -1.58. The van der Waals surface area contributed by atoms with Gasteiger partial charge < -0.3 is 5.32 Å². The lowest BCUT2D eigenvalue weighted by Crippen LogP contribution is -1.87. The van der Waals surface area contributed by atoms with Gasteiger partial charge in [0, 0.05) is 18.6 Å². The van der Waals surface area contributed by atoms with Gasteiger partial charge in [-0.05, 0) is 6.07 Å². The second kappa shape index (κ2) is 2.23. The molecule has 0 atom stereocenters. The van der Waals surface area contributed by atoms with E-state index in [-0.39, 0.29) is 0 Å². The number of anilines is 1. The van der Waals surface area contributed by atoms with Gasteiger partial charge in [0.1, 0.15) is 11.3 Å². The Morgan fingerprint density at radius 2 is 2.45 bits per heavy atom. The van der Waals surface area contributed by atoms with Crippen molar-refractivity contribution >= 4 is 16.7 Å². The SMILES string of the molecule is CNc1[nH]nc2cnccc12. The summed E-state index contributed by atoms with van der Waals surface area (Å²) in [6.45, 7) is 0. The number of nitrogens with zero attached hydrogens (tertiary/aromatic N) is 2. The van der Waals surface area contributed by atoms with Crippen LogP contribution >= 0.6 is 0 Å². The summed E-state index contributed by atoms with van der Waals surface area (Å²) in [5.74, 6) is 0.933. The number of H-pyrrole nitrogens is 1. The highest BCUT2D eigenvalue weighted by Crippen LogP contribution is 2.17. The Kier molecular flexibility index (Phi) is 1.25. The molecule has 0 spiro atoms. The second-order valence-electron chi connectivity index (χ2n) is 2.24. The van der Waals surface area contributed by atoms with Gasteiger partial charge in [0.25, 0.3) is 0 Å². The lowest BCUT2D eigenvalue weighted by Gasteiger charge is -1.92. The van der Waals surface area contributed by atoms with Crippen LogP contribution < -0.4 is 5.32 Å². The summed E-state index contributed by atoms with van der Waals surface area (Å²) >= 11 is 0. The van der Waals surface area contributed by atoms with Crippen LogP contribution in [-0.4, -0.2) is 22.2 Å². The fourth-order valence-electron chi connectivity index (χ4n) is 1.05. The number of rotatable bonds is 1. The molecule has 0 bridgehead atoms. The van der Waals surface area contributed by atoms with E-state index in [1.807, 2.05) is 13.1 Å². The number of nitrogens with one attached hydrogen (secondary N) is 2. The third-order valence-corrected chi connectivity index (χ3v) is 1.61. The van der Waals surface area contributed by atoms with E-state index in [1.165, 1.54) is 0 Å². The summed E-state index contributed by atoms with van der Waals surface area (Å²) in [5, 5.41) is 11.0. The quantitative estimate of drug-likeness (QED) is 0.634. The Morgan fingerprint density at radius 1 is 1.55 bits per heavy atom. The maximum atomic E-state index is 4.04. The zero-order valence-electron chi connectivity index (χ0n) is 6.13. The van der Waals surface area contributed by atoms with E-state index in [9.17, 15) is 0 Å². The van der Waals surface area contributed by atoms with E-state index in [1.54, 1.807) is 12.4 Å². The molecule has 0 aromatic carbocycles. The number of fused-ring (bicyclic) bond motifs is 1. The van der Waals surface area contributed by atoms with E-state index < -0.39 is 0 Å². The van der Waals surface area contributed by atoms with Crippen LogP contribution in [0, 0.1) is 0 Å². The Morgan fingerprint density at radius 3 is 3.27 bits per heavy atom. The standard InChI is InChI=1S/C7H8N4/c1-8-7-5-2-3-9-4-6(5)10-11-7/h2-4H,1H3,(H2,8,10,11). The van der Waals surface area contributed by atoms with Crippen LogP contribution in [-0.2, 0) is 0 Å². The molecule has 0 radical (unpaired) electrons. The number of aromatic amines is 1. The Balaban J connectivity index is 2.76. The van der Waals surface area contributed by atoms with Gasteiger partial charge in [-0.25, -0.2) is 0 Å². The maximum absolute atomic E-state index is 4.04. The highest BCUT2D eigenvalue weighted by Gasteiger charge is 2.00. The largest absolute Gasteiger partial charge is 0.373 e. The normalized spacial score (nSPS) is 10.3. The van der Waals surface area contributed by atoms with Crippen molar-refractivity contribution in [1.82, 2.24) is 15.2 Å². The van der Waals surface area contributed by atoms with Crippen molar-refractivity contribution in [3.05, 3.63) is 18.5 Å². The van der Waals surface area contributed by atoms with Crippen LogP contribution in [0.5, 0.6) is 0 Å². The summed E-state index contributed by atoms with van der Waals surface area (Å²) in [4.78, 5) is 3.95.